The zero-order valence-corrected chi connectivity index (χ0v) is 7.99. The highest BCUT2D eigenvalue weighted by molar-refractivity contribution is 5.85. The summed E-state index contributed by atoms with van der Waals surface area (Å²) in [5.41, 5.74) is 6.21. The van der Waals surface area contributed by atoms with Gasteiger partial charge in [-0.2, -0.15) is 0 Å². The maximum Gasteiger partial charge on any atom is 0.416 e. The molecule has 1 heterocycles. The van der Waals surface area contributed by atoms with Crippen molar-refractivity contribution in [1.29, 1.82) is 0 Å². The Morgan fingerprint density at radius 3 is 2.85 bits per heavy atom. The van der Waals surface area contributed by atoms with Gasteiger partial charge in [-0.1, -0.05) is 0 Å². The molecule has 0 aliphatic heterocycles. The first kappa shape index (κ1) is 11.9. The van der Waals surface area contributed by atoms with Gasteiger partial charge in [-0.3, -0.25) is 0 Å². The molecule has 0 spiro atoms. The topological polar surface area (TPSA) is 81.1 Å². The summed E-state index contributed by atoms with van der Waals surface area (Å²) in [5.74, 6) is 0. The molecule has 5 nitrogen and oxygen atoms in total. The molecule has 1 aromatic rings. The van der Waals surface area contributed by atoms with Crippen molar-refractivity contribution in [2.75, 3.05) is 0 Å². The van der Waals surface area contributed by atoms with E-state index in [0.717, 1.165) is 4.57 Å². The maximum atomic E-state index is 10.4. The zero-order chi connectivity index (χ0) is 9.14. The number of hydrogen-bond donors (Lipinski definition) is 2. The van der Waals surface area contributed by atoms with Crippen LogP contribution in [0.15, 0.2) is 12.5 Å². The summed E-state index contributed by atoms with van der Waals surface area (Å²) in [4.78, 5) is 14.3. The Kier molecular flexibility index (Phi) is 4.44. The van der Waals surface area contributed by atoms with E-state index in [1.54, 1.807) is 0 Å². The molecule has 3 N–H and O–H groups in total. The average molecular weight is 206 g/mol. The fraction of sp³-hybridized carbons (Fsp3) is 0.429. The van der Waals surface area contributed by atoms with Crippen molar-refractivity contribution < 1.29 is 9.90 Å². The minimum Gasteiger partial charge on any atom is -0.464 e. The summed E-state index contributed by atoms with van der Waals surface area (Å²) in [6.45, 7) is 1.85. The van der Waals surface area contributed by atoms with Gasteiger partial charge in [0.25, 0.3) is 0 Å². The molecule has 0 aliphatic carbocycles. The Hall–Kier alpha value is -1.07. The number of nitrogens with zero attached hydrogens (tertiary/aromatic N) is 2. The van der Waals surface area contributed by atoms with Crippen LogP contribution in [0.2, 0.25) is 0 Å². The molecule has 0 fully saturated rings. The zero-order valence-electron chi connectivity index (χ0n) is 7.17. The second kappa shape index (κ2) is 4.84. The normalized spacial score (nSPS) is 11.8. The van der Waals surface area contributed by atoms with Crippen molar-refractivity contribution in [3.05, 3.63) is 18.2 Å². The fourth-order valence-electron chi connectivity index (χ4n) is 0.903. The predicted octanol–water partition coefficient (Wildman–Crippen LogP) is 0.721. The van der Waals surface area contributed by atoms with E-state index in [2.05, 4.69) is 4.98 Å². The third kappa shape index (κ3) is 3.43. The summed E-state index contributed by atoms with van der Waals surface area (Å²) >= 11 is 0. The second-order valence-electron chi connectivity index (χ2n) is 2.74. The van der Waals surface area contributed by atoms with E-state index in [1.807, 2.05) is 6.92 Å². The predicted molar refractivity (Wildman–Crippen MR) is 50.3 cm³/mol. The molecule has 0 bridgehead atoms. The lowest BCUT2D eigenvalue weighted by Gasteiger charge is -1.98. The van der Waals surface area contributed by atoms with Crippen LogP contribution >= 0.6 is 12.4 Å². The molecule has 74 valence electrons. The van der Waals surface area contributed by atoms with Gasteiger partial charge < -0.3 is 10.8 Å². The van der Waals surface area contributed by atoms with Crippen molar-refractivity contribution in [1.82, 2.24) is 9.55 Å². The first-order chi connectivity index (χ1) is 5.59. The van der Waals surface area contributed by atoms with E-state index in [9.17, 15) is 4.79 Å². The van der Waals surface area contributed by atoms with Crippen LogP contribution in [-0.4, -0.2) is 26.8 Å². The monoisotopic (exact) mass is 205 g/mol. The Bertz CT molecular complexity index is 285. The Morgan fingerprint density at radius 1 is 1.85 bits per heavy atom. The number of imidazole rings is 1. The van der Waals surface area contributed by atoms with Crippen LogP contribution in [0, 0.1) is 0 Å². The van der Waals surface area contributed by atoms with Gasteiger partial charge in [0.15, 0.2) is 0 Å². The molecule has 0 saturated heterocycles. The van der Waals surface area contributed by atoms with Gasteiger partial charge in [0.05, 0.1) is 5.69 Å². The van der Waals surface area contributed by atoms with Gasteiger partial charge in [-0.15, -0.1) is 12.4 Å². The van der Waals surface area contributed by atoms with E-state index >= 15 is 0 Å². The Balaban J connectivity index is 0.00000144. The van der Waals surface area contributed by atoms with Crippen molar-refractivity contribution in [3.8, 4) is 0 Å². The van der Waals surface area contributed by atoms with Crippen LogP contribution in [0.1, 0.15) is 12.6 Å². The van der Waals surface area contributed by atoms with Crippen molar-refractivity contribution in [3.63, 3.8) is 0 Å². The molecule has 6 heteroatoms. The van der Waals surface area contributed by atoms with Crippen molar-refractivity contribution in [2.24, 2.45) is 5.73 Å². The largest absolute Gasteiger partial charge is 0.464 e. The van der Waals surface area contributed by atoms with Gasteiger partial charge in [0.1, 0.15) is 6.33 Å². The molecule has 0 aromatic carbocycles. The minimum absolute atomic E-state index is 0. The number of aromatic nitrogens is 2. The van der Waals surface area contributed by atoms with Gasteiger partial charge in [0.2, 0.25) is 0 Å². The SMILES string of the molecule is C[C@@H](N)Cc1cn(C(=O)O)cn1.Cl. The molecular formula is C7H12ClN3O2. The molecular weight excluding hydrogens is 194 g/mol. The second-order valence-corrected chi connectivity index (χ2v) is 2.74. The maximum absolute atomic E-state index is 10.4. The molecule has 0 radical (unpaired) electrons. The number of rotatable bonds is 2. The highest BCUT2D eigenvalue weighted by Gasteiger charge is 2.04. The van der Waals surface area contributed by atoms with E-state index in [1.165, 1.54) is 12.5 Å². The third-order valence-corrected chi connectivity index (χ3v) is 1.39. The quantitative estimate of drug-likeness (QED) is 0.746. The molecule has 0 saturated carbocycles. The summed E-state index contributed by atoms with van der Waals surface area (Å²) in [5, 5.41) is 8.52. The molecule has 1 rings (SSSR count). The molecule has 1 aromatic heterocycles. The average Bonchev–Trinajstić information content (AvgIpc) is 2.34. The van der Waals surface area contributed by atoms with Crippen LogP contribution in [-0.2, 0) is 6.42 Å². The molecule has 0 amide bonds. The highest BCUT2D eigenvalue weighted by Crippen LogP contribution is 1.98. The van der Waals surface area contributed by atoms with Crippen LogP contribution in [0.5, 0.6) is 0 Å². The summed E-state index contributed by atoms with van der Waals surface area (Å²) in [7, 11) is 0. The van der Waals surface area contributed by atoms with E-state index in [-0.39, 0.29) is 18.4 Å². The van der Waals surface area contributed by atoms with Crippen LogP contribution in [0.25, 0.3) is 0 Å². The lowest BCUT2D eigenvalue weighted by Crippen LogP contribution is -2.17. The van der Waals surface area contributed by atoms with Crippen molar-refractivity contribution in [2.45, 2.75) is 19.4 Å². The Labute approximate surface area is 82.0 Å². The number of carbonyl (C=O) groups is 1. The van der Waals surface area contributed by atoms with E-state index in [0.29, 0.717) is 12.1 Å². The van der Waals surface area contributed by atoms with Gasteiger partial charge in [-0.25, -0.2) is 14.3 Å². The number of hydrogen-bond acceptors (Lipinski definition) is 3. The molecule has 13 heavy (non-hydrogen) atoms. The van der Waals surface area contributed by atoms with Gasteiger partial charge in [0, 0.05) is 18.7 Å². The number of carboxylic acid groups (broad SMARTS) is 1. The van der Waals surface area contributed by atoms with Crippen LogP contribution < -0.4 is 5.73 Å². The molecule has 1 atom stereocenters. The van der Waals surface area contributed by atoms with Gasteiger partial charge >= 0.3 is 6.09 Å². The number of halogens is 1. The van der Waals surface area contributed by atoms with E-state index in [4.69, 9.17) is 10.8 Å². The summed E-state index contributed by atoms with van der Waals surface area (Å²) < 4.78 is 1.01. The van der Waals surface area contributed by atoms with Crippen molar-refractivity contribution >= 4 is 18.5 Å². The Morgan fingerprint density at radius 2 is 2.46 bits per heavy atom. The molecule has 0 unspecified atom stereocenters. The third-order valence-electron chi connectivity index (χ3n) is 1.39. The lowest BCUT2D eigenvalue weighted by atomic mass is 10.2. The first-order valence-electron chi connectivity index (χ1n) is 3.61. The lowest BCUT2D eigenvalue weighted by molar-refractivity contribution is 0.196. The number of nitrogens with two attached hydrogens (primary N) is 1. The smallest absolute Gasteiger partial charge is 0.416 e. The fourth-order valence-corrected chi connectivity index (χ4v) is 0.903. The summed E-state index contributed by atoms with van der Waals surface area (Å²) in [6, 6.07) is 0.00199. The minimum atomic E-state index is -1.03. The van der Waals surface area contributed by atoms with E-state index < -0.39 is 6.09 Å². The first-order valence-corrected chi connectivity index (χ1v) is 3.61. The summed E-state index contributed by atoms with van der Waals surface area (Å²) in [6.07, 6.45) is 2.30. The van der Waals surface area contributed by atoms with Crippen LogP contribution in [0.4, 0.5) is 4.79 Å². The highest BCUT2D eigenvalue weighted by atomic mass is 35.5. The standard InChI is InChI=1S/C7H11N3O2.ClH/c1-5(8)2-6-3-10(4-9-6)7(11)12;/h3-5H,2,8H2,1H3,(H,11,12);1H/t5-;/m1./s1. The van der Waals surface area contributed by atoms with Gasteiger partial charge in [-0.05, 0) is 6.92 Å². The van der Waals surface area contributed by atoms with Crippen LogP contribution in [0.3, 0.4) is 0 Å². The molecule has 0 aliphatic rings.